The quantitative estimate of drug-likeness (QED) is 0.575. The number of hydrogen-bond acceptors (Lipinski definition) is 2. The van der Waals surface area contributed by atoms with Crippen molar-refractivity contribution < 1.29 is 9.59 Å². The Morgan fingerprint density at radius 2 is 1.62 bits per heavy atom. The molecule has 0 aliphatic rings. The molecule has 2 heteroatoms. The molecule has 0 radical (unpaired) electrons. The average Bonchev–Trinajstić information content (AvgIpc) is 2.16. The molecule has 0 saturated heterocycles. The second kappa shape index (κ2) is 5.06. The molecule has 0 amide bonds. The summed E-state index contributed by atoms with van der Waals surface area (Å²) in [5.41, 5.74) is 2.60. The van der Waals surface area contributed by atoms with Gasteiger partial charge in [-0.15, -0.1) is 0 Å². The fourth-order valence-corrected chi connectivity index (χ4v) is 1.71. The number of carbonyl (C=O) groups excluding carboxylic acids is 2. The third kappa shape index (κ3) is 2.78. The molecule has 0 aliphatic heterocycles. The lowest BCUT2D eigenvalue weighted by atomic mass is 9.94. The van der Waals surface area contributed by atoms with Gasteiger partial charge in [0.1, 0.15) is 5.78 Å². The number of rotatable bonds is 4. The molecule has 1 rings (SSSR count). The molecule has 0 heterocycles. The Hall–Kier alpha value is -1.44. The van der Waals surface area contributed by atoms with Gasteiger partial charge < -0.3 is 0 Å². The molecule has 0 atom stereocenters. The standard InChI is InChI=1S/C14H18O2/c1-9(2)12(15)8-13(16)14-10(3)6-5-7-11(14)4/h5-7,9H,8H2,1-4H3. The first-order chi connectivity index (χ1) is 7.43. The van der Waals surface area contributed by atoms with E-state index in [2.05, 4.69) is 0 Å². The molecule has 1 aromatic rings. The molecule has 0 bridgehead atoms. The Kier molecular flexibility index (Phi) is 3.99. The van der Waals surface area contributed by atoms with Crippen LogP contribution in [-0.2, 0) is 4.79 Å². The van der Waals surface area contributed by atoms with Gasteiger partial charge >= 0.3 is 0 Å². The Morgan fingerprint density at radius 1 is 1.12 bits per heavy atom. The number of ketones is 2. The van der Waals surface area contributed by atoms with Crippen LogP contribution in [0.15, 0.2) is 18.2 Å². The molecular formula is C14H18O2. The van der Waals surface area contributed by atoms with Gasteiger partial charge in [0.15, 0.2) is 5.78 Å². The van der Waals surface area contributed by atoms with E-state index >= 15 is 0 Å². The van der Waals surface area contributed by atoms with Crippen LogP contribution < -0.4 is 0 Å². The van der Waals surface area contributed by atoms with Gasteiger partial charge in [-0.05, 0) is 25.0 Å². The minimum absolute atomic E-state index is 0.00709. The normalized spacial score (nSPS) is 10.6. The van der Waals surface area contributed by atoms with E-state index in [0.29, 0.717) is 5.56 Å². The largest absolute Gasteiger partial charge is 0.299 e. The van der Waals surface area contributed by atoms with Crippen LogP contribution in [0.3, 0.4) is 0 Å². The smallest absolute Gasteiger partial charge is 0.170 e. The van der Waals surface area contributed by atoms with Crippen molar-refractivity contribution in [3.63, 3.8) is 0 Å². The molecule has 86 valence electrons. The van der Waals surface area contributed by atoms with E-state index in [4.69, 9.17) is 0 Å². The van der Waals surface area contributed by atoms with Crippen molar-refractivity contribution in [2.45, 2.75) is 34.1 Å². The third-order valence-corrected chi connectivity index (χ3v) is 2.74. The molecule has 1 aromatic carbocycles. The number of Topliss-reactive ketones (excluding diaryl/α,β-unsaturated/α-hetero) is 2. The number of aryl methyl sites for hydroxylation is 2. The Balaban J connectivity index is 2.93. The van der Waals surface area contributed by atoms with E-state index in [1.54, 1.807) is 0 Å². The molecule has 0 saturated carbocycles. The Labute approximate surface area is 96.7 Å². The molecule has 0 aromatic heterocycles. The van der Waals surface area contributed by atoms with Crippen molar-refractivity contribution in [3.05, 3.63) is 34.9 Å². The molecule has 0 N–H and O–H groups in total. The highest BCUT2D eigenvalue weighted by Gasteiger charge is 2.17. The summed E-state index contributed by atoms with van der Waals surface area (Å²) in [5, 5.41) is 0. The fourth-order valence-electron chi connectivity index (χ4n) is 1.71. The first-order valence-electron chi connectivity index (χ1n) is 5.55. The van der Waals surface area contributed by atoms with Crippen LogP contribution in [0, 0.1) is 19.8 Å². The molecule has 0 unspecified atom stereocenters. The van der Waals surface area contributed by atoms with Crippen molar-refractivity contribution >= 4 is 11.6 Å². The summed E-state index contributed by atoms with van der Waals surface area (Å²) < 4.78 is 0. The maximum atomic E-state index is 12.0. The minimum Gasteiger partial charge on any atom is -0.299 e. The van der Waals surface area contributed by atoms with Crippen LogP contribution in [0.5, 0.6) is 0 Å². The predicted molar refractivity (Wildman–Crippen MR) is 64.7 cm³/mol. The van der Waals surface area contributed by atoms with Crippen molar-refractivity contribution in [3.8, 4) is 0 Å². The Bertz CT molecular complexity index is 396. The topological polar surface area (TPSA) is 34.1 Å². The van der Waals surface area contributed by atoms with E-state index in [1.165, 1.54) is 0 Å². The zero-order valence-electron chi connectivity index (χ0n) is 10.3. The van der Waals surface area contributed by atoms with Gasteiger partial charge in [0.05, 0.1) is 6.42 Å². The van der Waals surface area contributed by atoms with Crippen LogP contribution in [0.2, 0.25) is 0 Å². The highest BCUT2D eigenvalue weighted by molar-refractivity contribution is 6.09. The zero-order valence-corrected chi connectivity index (χ0v) is 10.3. The maximum Gasteiger partial charge on any atom is 0.170 e. The molecule has 2 nitrogen and oxygen atoms in total. The Morgan fingerprint density at radius 3 is 2.06 bits per heavy atom. The van der Waals surface area contributed by atoms with E-state index in [0.717, 1.165) is 11.1 Å². The number of hydrogen-bond donors (Lipinski definition) is 0. The SMILES string of the molecule is Cc1cccc(C)c1C(=O)CC(=O)C(C)C. The summed E-state index contributed by atoms with van der Waals surface area (Å²) in [7, 11) is 0. The second-order valence-electron chi connectivity index (χ2n) is 4.49. The first-order valence-corrected chi connectivity index (χ1v) is 5.55. The van der Waals surface area contributed by atoms with Gasteiger partial charge in [-0.3, -0.25) is 9.59 Å². The van der Waals surface area contributed by atoms with Gasteiger partial charge in [-0.2, -0.15) is 0 Å². The summed E-state index contributed by atoms with van der Waals surface area (Å²) in [4.78, 5) is 23.5. The molecule has 0 spiro atoms. The lowest BCUT2D eigenvalue weighted by Gasteiger charge is -2.09. The molecular weight excluding hydrogens is 200 g/mol. The van der Waals surface area contributed by atoms with Crippen molar-refractivity contribution in [2.75, 3.05) is 0 Å². The molecule has 0 fully saturated rings. The third-order valence-electron chi connectivity index (χ3n) is 2.74. The minimum atomic E-state index is -0.0757. The zero-order chi connectivity index (χ0) is 12.3. The highest BCUT2D eigenvalue weighted by Crippen LogP contribution is 2.16. The lowest BCUT2D eigenvalue weighted by Crippen LogP contribution is -2.15. The maximum absolute atomic E-state index is 12.0. The predicted octanol–water partition coefficient (Wildman–Crippen LogP) is 3.10. The highest BCUT2D eigenvalue weighted by atomic mass is 16.1. The second-order valence-corrected chi connectivity index (χ2v) is 4.49. The monoisotopic (exact) mass is 218 g/mol. The van der Waals surface area contributed by atoms with Gasteiger partial charge in [-0.1, -0.05) is 32.0 Å². The van der Waals surface area contributed by atoms with Gasteiger partial charge in [0.25, 0.3) is 0 Å². The lowest BCUT2D eigenvalue weighted by molar-refractivity contribution is -0.121. The van der Waals surface area contributed by atoms with Crippen LogP contribution >= 0.6 is 0 Å². The van der Waals surface area contributed by atoms with Crippen LogP contribution in [-0.4, -0.2) is 11.6 Å². The van der Waals surface area contributed by atoms with Crippen molar-refractivity contribution in [2.24, 2.45) is 5.92 Å². The van der Waals surface area contributed by atoms with Crippen molar-refractivity contribution in [1.82, 2.24) is 0 Å². The summed E-state index contributed by atoms with van der Waals surface area (Å²) >= 11 is 0. The van der Waals surface area contributed by atoms with Gasteiger partial charge in [0, 0.05) is 11.5 Å². The average molecular weight is 218 g/mol. The van der Waals surface area contributed by atoms with Crippen LogP contribution in [0.1, 0.15) is 41.8 Å². The summed E-state index contributed by atoms with van der Waals surface area (Å²) in [6, 6.07) is 5.73. The van der Waals surface area contributed by atoms with Gasteiger partial charge in [-0.25, -0.2) is 0 Å². The molecule has 16 heavy (non-hydrogen) atoms. The van der Waals surface area contributed by atoms with Crippen LogP contribution in [0.4, 0.5) is 0 Å². The van der Waals surface area contributed by atoms with E-state index < -0.39 is 0 Å². The van der Waals surface area contributed by atoms with E-state index in [1.807, 2.05) is 45.9 Å². The van der Waals surface area contributed by atoms with Gasteiger partial charge in [0.2, 0.25) is 0 Å². The van der Waals surface area contributed by atoms with E-state index in [-0.39, 0.29) is 23.9 Å². The number of carbonyl (C=O) groups is 2. The summed E-state index contributed by atoms with van der Waals surface area (Å²) in [5.74, 6) is -0.129. The summed E-state index contributed by atoms with van der Waals surface area (Å²) in [6.07, 6.45) is 0.0172. The van der Waals surface area contributed by atoms with Crippen molar-refractivity contribution in [1.29, 1.82) is 0 Å². The van der Waals surface area contributed by atoms with Crippen LogP contribution in [0.25, 0.3) is 0 Å². The van der Waals surface area contributed by atoms with E-state index in [9.17, 15) is 9.59 Å². The first kappa shape index (κ1) is 12.6. The fraction of sp³-hybridized carbons (Fsp3) is 0.429. The molecule has 0 aliphatic carbocycles. The summed E-state index contributed by atoms with van der Waals surface area (Å²) in [6.45, 7) is 7.45. The number of benzene rings is 1.